The minimum atomic E-state index is -4.22. The second kappa shape index (κ2) is 15.8. The first-order valence-corrected chi connectivity index (χ1v) is 16.1. The molecule has 0 bridgehead atoms. The molecular weight excluding hydrogens is 597 g/mol. The average Bonchev–Trinajstić information content (AvgIpc) is 2.98. The maximum atomic E-state index is 14.2. The number of hydrogen-bond donors (Lipinski definition) is 1. The van der Waals surface area contributed by atoms with Crippen molar-refractivity contribution in [3.63, 3.8) is 0 Å². The number of benzene rings is 3. The highest BCUT2D eigenvalue weighted by Gasteiger charge is 2.34. The van der Waals surface area contributed by atoms with Crippen LogP contribution in [0.4, 0.5) is 5.69 Å². The normalized spacial score (nSPS) is 11.9. The van der Waals surface area contributed by atoms with Gasteiger partial charge in [0.2, 0.25) is 11.8 Å². The van der Waals surface area contributed by atoms with E-state index in [1.807, 2.05) is 6.92 Å². The van der Waals surface area contributed by atoms with Crippen LogP contribution in [-0.2, 0) is 26.2 Å². The largest absolute Gasteiger partial charge is 0.492 e. The Labute approximate surface area is 258 Å². The predicted molar refractivity (Wildman–Crippen MR) is 168 cm³/mol. The van der Waals surface area contributed by atoms with Gasteiger partial charge in [0.15, 0.2) is 0 Å². The fourth-order valence-electron chi connectivity index (χ4n) is 4.43. The van der Waals surface area contributed by atoms with Gasteiger partial charge in [0, 0.05) is 23.1 Å². The number of rotatable bonds is 15. The van der Waals surface area contributed by atoms with Gasteiger partial charge in [-0.15, -0.1) is 0 Å². The van der Waals surface area contributed by atoms with Gasteiger partial charge in [-0.3, -0.25) is 13.9 Å². The maximum absolute atomic E-state index is 14.2. The number of amides is 2. The second-order valence-electron chi connectivity index (χ2n) is 9.55. The van der Waals surface area contributed by atoms with Gasteiger partial charge in [0.1, 0.15) is 18.3 Å². The number of nitrogens with zero attached hydrogens (tertiary/aromatic N) is 2. The summed E-state index contributed by atoms with van der Waals surface area (Å²) in [4.78, 5) is 28.9. The van der Waals surface area contributed by atoms with E-state index < -0.39 is 28.5 Å². The van der Waals surface area contributed by atoms with Crippen molar-refractivity contribution in [1.82, 2.24) is 10.2 Å². The number of ether oxygens (including phenoxy) is 1. The van der Waals surface area contributed by atoms with Crippen LogP contribution in [0, 0.1) is 0 Å². The van der Waals surface area contributed by atoms with Gasteiger partial charge >= 0.3 is 0 Å². The summed E-state index contributed by atoms with van der Waals surface area (Å²) in [5.74, 6) is -0.593. The first kappa shape index (κ1) is 33.2. The fraction of sp³-hybridized carbons (Fsp3) is 0.355. The molecule has 0 aliphatic rings. The Balaban J connectivity index is 2.09. The SMILES string of the molecule is CCCCNC(=O)C(CC)N(Cc1ccc(Cl)cc1Cl)C(=O)CN(c1ccccc1OCC)S(=O)(=O)c1ccccc1. The molecule has 42 heavy (non-hydrogen) atoms. The monoisotopic (exact) mass is 633 g/mol. The van der Waals surface area contributed by atoms with Gasteiger partial charge in [-0.05, 0) is 61.7 Å². The molecule has 0 fully saturated rings. The number of nitrogens with one attached hydrogen (secondary N) is 1. The van der Waals surface area contributed by atoms with E-state index >= 15 is 0 Å². The molecule has 2 amide bonds. The van der Waals surface area contributed by atoms with E-state index in [9.17, 15) is 18.0 Å². The smallest absolute Gasteiger partial charge is 0.264 e. The first-order valence-electron chi connectivity index (χ1n) is 13.9. The van der Waals surface area contributed by atoms with Crippen LogP contribution in [0.1, 0.15) is 45.6 Å². The van der Waals surface area contributed by atoms with Gasteiger partial charge in [0.25, 0.3) is 10.0 Å². The summed E-state index contributed by atoms with van der Waals surface area (Å²) >= 11 is 12.6. The molecule has 1 unspecified atom stereocenters. The van der Waals surface area contributed by atoms with Crippen molar-refractivity contribution < 1.29 is 22.7 Å². The zero-order valence-corrected chi connectivity index (χ0v) is 26.4. The minimum Gasteiger partial charge on any atom is -0.492 e. The van der Waals surface area contributed by atoms with Gasteiger partial charge < -0.3 is 15.0 Å². The summed E-state index contributed by atoms with van der Waals surface area (Å²) < 4.78 is 34.8. The lowest BCUT2D eigenvalue weighted by atomic mass is 10.1. The van der Waals surface area contributed by atoms with Crippen LogP contribution in [0.5, 0.6) is 5.75 Å². The molecule has 0 aliphatic carbocycles. The van der Waals surface area contributed by atoms with Crippen molar-refractivity contribution in [1.29, 1.82) is 0 Å². The molecule has 0 spiro atoms. The molecule has 0 aliphatic heterocycles. The Morgan fingerprint density at radius 1 is 0.952 bits per heavy atom. The van der Waals surface area contributed by atoms with Crippen molar-refractivity contribution in [2.75, 3.05) is 24.0 Å². The standard InChI is InChI=1S/C31H37Cl2N3O5S/c1-4-7-19-34-31(38)27(5-2)35(21-23-17-18-24(32)20-26(23)33)30(37)22-36(28-15-11-12-16-29(28)41-6-3)42(39,40)25-13-9-8-10-14-25/h8-18,20,27H,4-7,19,21-22H2,1-3H3,(H,34,38). The van der Waals surface area contributed by atoms with E-state index in [0.29, 0.717) is 40.9 Å². The Morgan fingerprint density at radius 2 is 1.64 bits per heavy atom. The second-order valence-corrected chi connectivity index (χ2v) is 12.3. The van der Waals surface area contributed by atoms with E-state index in [2.05, 4.69) is 5.32 Å². The molecular formula is C31H37Cl2N3O5S. The van der Waals surface area contributed by atoms with E-state index in [0.717, 1.165) is 17.1 Å². The quantitative estimate of drug-likeness (QED) is 0.198. The third-order valence-electron chi connectivity index (χ3n) is 6.62. The van der Waals surface area contributed by atoms with Crippen LogP contribution in [0.2, 0.25) is 10.0 Å². The molecule has 0 saturated carbocycles. The predicted octanol–water partition coefficient (Wildman–Crippen LogP) is 6.31. The molecule has 1 N–H and O–H groups in total. The van der Waals surface area contributed by atoms with Crippen LogP contribution in [0.3, 0.4) is 0 Å². The molecule has 0 saturated heterocycles. The van der Waals surface area contributed by atoms with Crippen LogP contribution in [0.25, 0.3) is 0 Å². The van der Waals surface area contributed by atoms with Crippen molar-refractivity contribution in [2.45, 2.75) is 57.5 Å². The summed E-state index contributed by atoms with van der Waals surface area (Å²) in [5, 5.41) is 3.67. The van der Waals surface area contributed by atoms with E-state index in [1.54, 1.807) is 74.5 Å². The molecule has 226 valence electrons. The van der Waals surface area contributed by atoms with Crippen molar-refractivity contribution in [3.05, 3.63) is 88.4 Å². The Kier molecular flexibility index (Phi) is 12.5. The fourth-order valence-corrected chi connectivity index (χ4v) is 6.35. The lowest BCUT2D eigenvalue weighted by Gasteiger charge is -2.33. The highest BCUT2D eigenvalue weighted by molar-refractivity contribution is 7.92. The number of sulfonamides is 1. The Hall–Kier alpha value is -3.27. The van der Waals surface area contributed by atoms with E-state index in [-0.39, 0.29) is 23.0 Å². The first-order chi connectivity index (χ1) is 20.1. The van der Waals surface area contributed by atoms with Gasteiger partial charge in [-0.1, -0.05) is 79.9 Å². The lowest BCUT2D eigenvalue weighted by molar-refractivity contribution is -0.140. The van der Waals surface area contributed by atoms with Crippen LogP contribution in [0.15, 0.2) is 77.7 Å². The lowest BCUT2D eigenvalue weighted by Crippen LogP contribution is -2.52. The van der Waals surface area contributed by atoms with E-state index in [1.165, 1.54) is 17.0 Å². The topological polar surface area (TPSA) is 96.0 Å². The Morgan fingerprint density at radius 3 is 2.29 bits per heavy atom. The molecule has 0 heterocycles. The van der Waals surface area contributed by atoms with Crippen molar-refractivity contribution in [2.24, 2.45) is 0 Å². The number of carbonyl (C=O) groups is 2. The van der Waals surface area contributed by atoms with Crippen molar-refractivity contribution in [3.8, 4) is 5.75 Å². The molecule has 0 aromatic heterocycles. The molecule has 3 rings (SSSR count). The van der Waals surface area contributed by atoms with Gasteiger partial charge in [-0.2, -0.15) is 0 Å². The highest BCUT2D eigenvalue weighted by atomic mass is 35.5. The Bertz CT molecular complexity index is 1450. The third-order valence-corrected chi connectivity index (χ3v) is 8.98. The average molecular weight is 635 g/mol. The summed E-state index contributed by atoms with van der Waals surface area (Å²) in [6, 6.07) is 18.6. The number of halogens is 2. The summed E-state index contributed by atoms with van der Waals surface area (Å²) in [6.45, 7) is 5.76. The number of unbranched alkanes of at least 4 members (excludes halogenated alkanes) is 1. The number of anilines is 1. The molecule has 3 aromatic carbocycles. The molecule has 1 atom stereocenters. The van der Waals surface area contributed by atoms with Gasteiger partial charge in [0.05, 0.1) is 17.2 Å². The van der Waals surface area contributed by atoms with Gasteiger partial charge in [-0.25, -0.2) is 8.42 Å². The van der Waals surface area contributed by atoms with E-state index in [4.69, 9.17) is 27.9 Å². The highest BCUT2D eigenvalue weighted by Crippen LogP contribution is 2.33. The van der Waals surface area contributed by atoms with Crippen LogP contribution in [-0.4, -0.2) is 50.9 Å². The number of hydrogen-bond acceptors (Lipinski definition) is 5. The zero-order valence-electron chi connectivity index (χ0n) is 24.1. The van der Waals surface area contributed by atoms with Crippen LogP contribution >= 0.6 is 23.2 Å². The molecule has 3 aromatic rings. The number of para-hydroxylation sites is 2. The third kappa shape index (κ3) is 8.40. The molecule has 0 radical (unpaired) electrons. The molecule has 8 nitrogen and oxygen atoms in total. The summed E-state index contributed by atoms with van der Waals surface area (Å²) in [7, 11) is -4.22. The summed E-state index contributed by atoms with van der Waals surface area (Å²) in [5.41, 5.74) is 0.780. The minimum absolute atomic E-state index is 0.0146. The van der Waals surface area contributed by atoms with Crippen LogP contribution < -0.4 is 14.4 Å². The number of carbonyl (C=O) groups excluding carboxylic acids is 2. The summed E-state index contributed by atoms with van der Waals surface area (Å²) in [6.07, 6.45) is 1.98. The van der Waals surface area contributed by atoms with Crippen molar-refractivity contribution >= 4 is 50.7 Å². The maximum Gasteiger partial charge on any atom is 0.264 e. The molecule has 11 heteroatoms. The zero-order chi connectivity index (χ0) is 30.7.